The molecule has 0 heterocycles. The van der Waals surface area contributed by atoms with E-state index in [1.165, 1.54) is 0 Å². The molecule has 0 aliphatic carbocycles. The van der Waals surface area contributed by atoms with E-state index < -0.39 is 0 Å². The van der Waals surface area contributed by atoms with Gasteiger partial charge in [-0.3, -0.25) is 0 Å². The average Bonchev–Trinajstić information content (AvgIpc) is 2.49. The first kappa shape index (κ1) is 17.2. The lowest BCUT2D eigenvalue weighted by Gasteiger charge is -2.13. The molecule has 0 aromatic heterocycles. The van der Waals surface area contributed by atoms with E-state index in [1.807, 2.05) is 19.2 Å². The molecule has 0 fully saturated rings. The van der Waals surface area contributed by atoms with Crippen LogP contribution < -0.4 is 14.8 Å². The molecule has 0 saturated carbocycles. The summed E-state index contributed by atoms with van der Waals surface area (Å²) >= 11 is 17.9. The Hall–Kier alpha value is -1.13. The molecule has 2 aromatic carbocycles. The molecule has 1 N–H and O–H groups in total. The highest BCUT2D eigenvalue weighted by atomic mass is 35.5. The van der Waals surface area contributed by atoms with Crippen LogP contribution in [0.15, 0.2) is 36.4 Å². The molecule has 6 heteroatoms. The Labute approximate surface area is 145 Å². The molecule has 0 aliphatic heterocycles. The third-order valence-electron chi connectivity index (χ3n) is 2.88. The Morgan fingerprint density at radius 2 is 1.50 bits per heavy atom. The molecular weight excluding hydrogens is 345 g/mol. The van der Waals surface area contributed by atoms with E-state index in [2.05, 4.69) is 5.32 Å². The second-order valence-corrected chi connectivity index (χ2v) is 5.83. The largest absolute Gasteiger partial charge is 0.490 e. The van der Waals surface area contributed by atoms with Gasteiger partial charge in [-0.05, 0) is 37.4 Å². The van der Waals surface area contributed by atoms with Crippen LogP contribution in [-0.4, -0.2) is 20.3 Å². The maximum Gasteiger partial charge on any atom is 0.139 e. The molecule has 0 bridgehead atoms. The minimum absolute atomic E-state index is 0.363. The van der Waals surface area contributed by atoms with Gasteiger partial charge in [0.2, 0.25) is 0 Å². The molecule has 2 rings (SSSR count). The van der Waals surface area contributed by atoms with E-state index >= 15 is 0 Å². The van der Waals surface area contributed by atoms with Crippen LogP contribution in [0.2, 0.25) is 15.1 Å². The SMILES string of the molecule is CNCc1cc(Cl)ccc1OCCOc1cc(Cl)ccc1Cl. The second kappa shape index (κ2) is 8.49. The molecular formula is C16H16Cl3NO2. The maximum atomic E-state index is 6.03. The van der Waals surface area contributed by atoms with Gasteiger partial charge in [0.15, 0.2) is 0 Å². The van der Waals surface area contributed by atoms with Gasteiger partial charge in [-0.1, -0.05) is 34.8 Å². The van der Waals surface area contributed by atoms with Gasteiger partial charge in [0.1, 0.15) is 24.7 Å². The van der Waals surface area contributed by atoms with E-state index in [4.69, 9.17) is 44.3 Å². The zero-order valence-electron chi connectivity index (χ0n) is 12.0. The van der Waals surface area contributed by atoms with Crippen LogP contribution in [0, 0.1) is 0 Å². The van der Waals surface area contributed by atoms with Crippen LogP contribution in [0.3, 0.4) is 0 Å². The van der Waals surface area contributed by atoms with E-state index in [-0.39, 0.29) is 0 Å². The molecule has 0 spiro atoms. The minimum Gasteiger partial charge on any atom is -0.490 e. The molecule has 22 heavy (non-hydrogen) atoms. The third-order valence-corrected chi connectivity index (χ3v) is 3.66. The topological polar surface area (TPSA) is 30.5 Å². The number of hydrogen-bond donors (Lipinski definition) is 1. The summed E-state index contributed by atoms with van der Waals surface area (Å²) in [6.07, 6.45) is 0. The Morgan fingerprint density at radius 3 is 2.23 bits per heavy atom. The fourth-order valence-electron chi connectivity index (χ4n) is 1.91. The van der Waals surface area contributed by atoms with E-state index in [0.717, 1.165) is 11.3 Å². The van der Waals surface area contributed by atoms with Crippen molar-refractivity contribution in [3.05, 3.63) is 57.0 Å². The van der Waals surface area contributed by atoms with Crippen molar-refractivity contribution in [1.82, 2.24) is 5.32 Å². The van der Waals surface area contributed by atoms with Gasteiger partial charge in [0, 0.05) is 28.2 Å². The maximum absolute atomic E-state index is 6.03. The fraction of sp³-hybridized carbons (Fsp3) is 0.250. The summed E-state index contributed by atoms with van der Waals surface area (Å²) in [6, 6.07) is 10.6. The van der Waals surface area contributed by atoms with Gasteiger partial charge in [-0.15, -0.1) is 0 Å². The van der Waals surface area contributed by atoms with Crippen molar-refractivity contribution >= 4 is 34.8 Å². The number of hydrogen-bond acceptors (Lipinski definition) is 3. The van der Waals surface area contributed by atoms with Gasteiger partial charge in [-0.2, -0.15) is 0 Å². The first-order chi connectivity index (χ1) is 10.6. The van der Waals surface area contributed by atoms with E-state index in [9.17, 15) is 0 Å². The number of nitrogens with one attached hydrogen (secondary N) is 1. The lowest BCUT2D eigenvalue weighted by molar-refractivity contribution is 0.216. The first-order valence-electron chi connectivity index (χ1n) is 6.74. The Bertz CT molecular complexity index is 635. The van der Waals surface area contributed by atoms with Crippen molar-refractivity contribution in [2.75, 3.05) is 20.3 Å². The van der Waals surface area contributed by atoms with Crippen molar-refractivity contribution in [2.45, 2.75) is 6.54 Å². The van der Waals surface area contributed by atoms with Crippen LogP contribution in [0.4, 0.5) is 0 Å². The fourth-order valence-corrected chi connectivity index (χ4v) is 2.44. The zero-order chi connectivity index (χ0) is 15.9. The monoisotopic (exact) mass is 359 g/mol. The van der Waals surface area contributed by atoms with Crippen LogP contribution in [0.1, 0.15) is 5.56 Å². The molecule has 0 amide bonds. The molecule has 118 valence electrons. The van der Waals surface area contributed by atoms with Crippen LogP contribution >= 0.6 is 34.8 Å². The van der Waals surface area contributed by atoms with Crippen molar-refractivity contribution in [2.24, 2.45) is 0 Å². The van der Waals surface area contributed by atoms with E-state index in [0.29, 0.717) is 40.6 Å². The Kier molecular flexibility index (Phi) is 6.65. The summed E-state index contributed by atoms with van der Waals surface area (Å²) in [4.78, 5) is 0. The lowest BCUT2D eigenvalue weighted by Crippen LogP contribution is -2.12. The van der Waals surface area contributed by atoms with Gasteiger partial charge in [0.25, 0.3) is 0 Å². The Balaban J connectivity index is 1.90. The summed E-state index contributed by atoms with van der Waals surface area (Å²) in [7, 11) is 1.87. The minimum atomic E-state index is 0.363. The predicted molar refractivity (Wildman–Crippen MR) is 91.7 cm³/mol. The van der Waals surface area contributed by atoms with Crippen LogP contribution in [0.5, 0.6) is 11.5 Å². The number of halogens is 3. The van der Waals surface area contributed by atoms with Gasteiger partial charge < -0.3 is 14.8 Å². The molecule has 3 nitrogen and oxygen atoms in total. The molecule has 0 radical (unpaired) electrons. The van der Waals surface area contributed by atoms with Crippen molar-refractivity contribution in [3.8, 4) is 11.5 Å². The van der Waals surface area contributed by atoms with Gasteiger partial charge in [0.05, 0.1) is 5.02 Å². The highest BCUT2D eigenvalue weighted by Crippen LogP contribution is 2.28. The molecule has 0 aliphatic rings. The summed E-state index contributed by atoms with van der Waals surface area (Å²) < 4.78 is 11.3. The highest BCUT2D eigenvalue weighted by molar-refractivity contribution is 6.34. The quantitative estimate of drug-likeness (QED) is 0.718. The van der Waals surface area contributed by atoms with Crippen molar-refractivity contribution < 1.29 is 9.47 Å². The normalized spacial score (nSPS) is 10.5. The third kappa shape index (κ3) is 4.96. The van der Waals surface area contributed by atoms with Gasteiger partial charge in [-0.25, -0.2) is 0 Å². The lowest BCUT2D eigenvalue weighted by atomic mass is 10.2. The van der Waals surface area contributed by atoms with Crippen LogP contribution in [-0.2, 0) is 6.54 Å². The molecule has 0 saturated heterocycles. The number of benzene rings is 2. The number of ether oxygens (including phenoxy) is 2. The zero-order valence-corrected chi connectivity index (χ0v) is 14.3. The highest BCUT2D eigenvalue weighted by Gasteiger charge is 2.06. The average molecular weight is 361 g/mol. The molecule has 0 unspecified atom stereocenters. The van der Waals surface area contributed by atoms with Crippen molar-refractivity contribution in [1.29, 1.82) is 0 Å². The second-order valence-electron chi connectivity index (χ2n) is 4.55. The van der Waals surface area contributed by atoms with Crippen molar-refractivity contribution in [3.63, 3.8) is 0 Å². The molecule has 2 aromatic rings. The Morgan fingerprint density at radius 1 is 0.864 bits per heavy atom. The smallest absolute Gasteiger partial charge is 0.139 e. The summed E-state index contributed by atoms with van der Waals surface area (Å²) in [6.45, 7) is 1.43. The summed E-state index contributed by atoms with van der Waals surface area (Å²) in [5, 5.41) is 4.86. The first-order valence-corrected chi connectivity index (χ1v) is 7.87. The van der Waals surface area contributed by atoms with E-state index in [1.54, 1.807) is 24.3 Å². The standard InChI is InChI=1S/C16H16Cl3NO2/c1-20-10-11-8-12(17)3-5-15(11)21-6-7-22-16-9-13(18)2-4-14(16)19/h2-5,8-9,20H,6-7,10H2,1H3. The number of rotatable bonds is 7. The summed E-state index contributed by atoms with van der Waals surface area (Å²) in [5.41, 5.74) is 0.996. The van der Waals surface area contributed by atoms with Gasteiger partial charge >= 0.3 is 0 Å². The van der Waals surface area contributed by atoms with Crippen LogP contribution in [0.25, 0.3) is 0 Å². The molecule has 0 atom stereocenters. The predicted octanol–water partition coefficient (Wildman–Crippen LogP) is 4.82. The summed E-state index contributed by atoms with van der Waals surface area (Å²) in [5.74, 6) is 1.32.